The van der Waals surface area contributed by atoms with Crippen LogP contribution >= 0.6 is 37.4 Å². The number of benzene rings is 1. The average molecular weight is 479 g/mol. The van der Waals surface area contributed by atoms with E-state index in [1.54, 1.807) is 30.1 Å². The molecule has 168 valence electrons. The first-order chi connectivity index (χ1) is 13.4. The summed E-state index contributed by atoms with van der Waals surface area (Å²) in [6.07, 6.45) is 4.53. The second-order valence-corrected chi connectivity index (χ2v) is 8.37. The number of Topliss-reactive ketones (excluding diaryl/α,β-unsaturated/α-hetero) is 1. The predicted molar refractivity (Wildman–Crippen MR) is 124 cm³/mol. The van der Waals surface area contributed by atoms with Crippen LogP contribution in [0.15, 0.2) is 35.9 Å². The van der Waals surface area contributed by atoms with Crippen LogP contribution in [-0.2, 0) is 9.59 Å². The first-order valence-corrected chi connectivity index (χ1v) is 10.2. The monoisotopic (exact) mass is 478 g/mol. The summed E-state index contributed by atoms with van der Waals surface area (Å²) in [5.74, 6) is -1.08. The summed E-state index contributed by atoms with van der Waals surface area (Å²) in [7, 11) is 1.75. The molecule has 1 aliphatic carbocycles. The number of likely N-dealkylation sites (tertiary alicyclic amines) is 1. The fourth-order valence-electron chi connectivity index (χ4n) is 3.70. The number of carbonyl (C=O) groups excluding carboxylic acids is 1. The first-order valence-electron chi connectivity index (χ1n) is 9.66. The molecule has 0 radical (unpaired) electrons. The van der Waals surface area contributed by atoms with Crippen LogP contribution in [0.2, 0.25) is 0 Å². The van der Waals surface area contributed by atoms with Crippen LogP contribution in [0.25, 0.3) is 0 Å². The lowest BCUT2D eigenvalue weighted by atomic mass is 9.93. The van der Waals surface area contributed by atoms with Gasteiger partial charge in [0.1, 0.15) is 5.82 Å². The maximum Gasteiger partial charge on any atom is 0.317 e. The first kappa shape index (κ1) is 26.9. The van der Waals surface area contributed by atoms with Crippen molar-refractivity contribution < 1.29 is 19.1 Å². The Morgan fingerprint density at radius 2 is 1.97 bits per heavy atom. The van der Waals surface area contributed by atoms with Crippen molar-refractivity contribution in [3.8, 4) is 0 Å². The molecule has 1 saturated carbocycles. The van der Waals surface area contributed by atoms with E-state index in [9.17, 15) is 14.0 Å². The largest absolute Gasteiger partial charge is 0.480 e. The molecule has 5 nitrogen and oxygen atoms in total. The van der Waals surface area contributed by atoms with Crippen LogP contribution in [0.4, 0.5) is 4.39 Å². The Morgan fingerprint density at radius 3 is 2.57 bits per heavy atom. The van der Waals surface area contributed by atoms with Gasteiger partial charge in [-0.25, -0.2) is 4.39 Å². The van der Waals surface area contributed by atoms with E-state index in [1.807, 2.05) is 6.08 Å². The van der Waals surface area contributed by atoms with Crippen molar-refractivity contribution in [2.75, 3.05) is 33.2 Å². The Morgan fingerprint density at radius 1 is 1.30 bits per heavy atom. The van der Waals surface area contributed by atoms with Crippen LogP contribution in [0, 0.1) is 11.7 Å². The van der Waals surface area contributed by atoms with Gasteiger partial charge >= 0.3 is 5.97 Å². The molecule has 0 spiro atoms. The molecule has 1 N–H and O–H groups in total. The van der Waals surface area contributed by atoms with Crippen molar-refractivity contribution in [2.24, 2.45) is 5.92 Å². The Kier molecular flexibility index (Phi) is 10.8. The Balaban J connectivity index is 0.00000225. The van der Waals surface area contributed by atoms with Crippen LogP contribution in [0.3, 0.4) is 0 Å². The van der Waals surface area contributed by atoms with Gasteiger partial charge < -0.3 is 5.11 Å². The van der Waals surface area contributed by atoms with Gasteiger partial charge in [0.2, 0.25) is 0 Å². The van der Waals surface area contributed by atoms with Crippen molar-refractivity contribution in [2.45, 2.75) is 30.6 Å². The van der Waals surface area contributed by atoms with E-state index in [-0.39, 0.29) is 54.1 Å². The third kappa shape index (κ3) is 6.95. The average Bonchev–Trinajstić information content (AvgIpc) is 3.48. The van der Waals surface area contributed by atoms with Gasteiger partial charge in [-0.05, 0) is 37.9 Å². The van der Waals surface area contributed by atoms with E-state index in [0.717, 1.165) is 24.8 Å². The van der Waals surface area contributed by atoms with Crippen LogP contribution in [0.1, 0.15) is 30.9 Å². The zero-order valence-electron chi connectivity index (χ0n) is 16.9. The quantitative estimate of drug-likeness (QED) is 0.441. The minimum absolute atomic E-state index is 0. The van der Waals surface area contributed by atoms with Gasteiger partial charge in [-0.15, -0.1) is 24.8 Å². The standard InChI is InChI=1S/C21H27FN2O3S.2ClH/c1-23(13-19(25)26)10-8-15-12-24(11-9-18(15)28)20(21(27)14-6-7-14)16-4-2-3-5-17(16)22;;/h2-5,8,14,18,20,28H,6-7,9-13H2,1H3,(H,25,26);2*1H/b15-8+;;. The highest BCUT2D eigenvalue weighted by molar-refractivity contribution is 7.81. The molecule has 1 aromatic rings. The maximum atomic E-state index is 14.5. The van der Waals surface area contributed by atoms with E-state index in [4.69, 9.17) is 5.11 Å². The normalized spacial score (nSPS) is 21.6. The Labute approximate surface area is 194 Å². The summed E-state index contributed by atoms with van der Waals surface area (Å²) in [5.41, 5.74) is 1.50. The zero-order chi connectivity index (χ0) is 20.3. The van der Waals surface area contributed by atoms with E-state index in [1.165, 1.54) is 6.07 Å². The fraction of sp³-hybridized carbons (Fsp3) is 0.524. The Hall–Kier alpha value is -1.12. The van der Waals surface area contributed by atoms with E-state index in [2.05, 4.69) is 17.5 Å². The molecule has 2 fully saturated rings. The van der Waals surface area contributed by atoms with Crippen LogP contribution in [0.5, 0.6) is 0 Å². The molecule has 9 heteroatoms. The lowest BCUT2D eigenvalue weighted by Crippen LogP contribution is -2.43. The van der Waals surface area contributed by atoms with Gasteiger partial charge in [-0.2, -0.15) is 12.6 Å². The van der Waals surface area contributed by atoms with Gasteiger partial charge in [0.05, 0.1) is 12.6 Å². The molecule has 30 heavy (non-hydrogen) atoms. The lowest BCUT2D eigenvalue weighted by Gasteiger charge is -2.38. The number of piperidine rings is 1. The molecule has 1 aliphatic heterocycles. The molecule has 1 saturated heterocycles. The van der Waals surface area contributed by atoms with Gasteiger partial charge in [0, 0.05) is 36.4 Å². The van der Waals surface area contributed by atoms with Crippen molar-refractivity contribution in [1.29, 1.82) is 0 Å². The number of aliphatic carboxylic acids is 1. The zero-order valence-corrected chi connectivity index (χ0v) is 19.4. The number of carbonyl (C=O) groups is 2. The maximum absolute atomic E-state index is 14.5. The number of carboxylic acids is 1. The molecule has 0 amide bonds. The van der Waals surface area contributed by atoms with Gasteiger partial charge in [0.15, 0.2) is 5.78 Å². The number of hydrogen-bond donors (Lipinski definition) is 2. The SMILES string of the molecule is CN(C/C=C1\CN(C(C(=O)C2CC2)c2ccccc2F)CCC1S)CC(=O)O.Cl.Cl. The number of rotatable bonds is 8. The highest BCUT2D eigenvalue weighted by Crippen LogP contribution is 2.39. The summed E-state index contributed by atoms with van der Waals surface area (Å²) in [6, 6.07) is 5.95. The Bertz CT molecular complexity index is 776. The van der Waals surface area contributed by atoms with Gasteiger partial charge in [-0.3, -0.25) is 19.4 Å². The summed E-state index contributed by atoms with van der Waals surface area (Å²) in [4.78, 5) is 27.6. The molecule has 1 aromatic carbocycles. The predicted octanol–water partition coefficient (Wildman–Crippen LogP) is 3.64. The molecule has 2 atom stereocenters. The topological polar surface area (TPSA) is 60.9 Å². The minimum atomic E-state index is -0.872. The van der Waals surface area contributed by atoms with Gasteiger partial charge in [-0.1, -0.05) is 24.3 Å². The number of hydrogen-bond acceptors (Lipinski definition) is 5. The minimum Gasteiger partial charge on any atom is -0.480 e. The van der Waals surface area contributed by atoms with Crippen molar-refractivity contribution in [1.82, 2.24) is 9.80 Å². The number of likely N-dealkylation sites (N-methyl/N-ethyl adjacent to an activating group) is 1. The molecule has 1 heterocycles. The number of ketones is 1. The third-order valence-electron chi connectivity index (χ3n) is 5.39. The van der Waals surface area contributed by atoms with E-state index >= 15 is 0 Å². The van der Waals surface area contributed by atoms with Gasteiger partial charge in [0.25, 0.3) is 0 Å². The fourth-order valence-corrected chi connectivity index (χ4v) is 4.00. The third-order valence-corrected chi connectivity index (χ3v) is 5.98. The van der Waals surface area contributed by atoms with Crippen LogP contribution in [-0.4, -0.2) is 65.1 Å². The number of nitrogens with zero attached hydrogens (tertiary/aromatic N) is 2. The molecule has 0 aromatic heterocycles. The summed E-state index contributed by atoms with van der Waals surface area (Å²) in [5, 5.41) is 8.96. The van der Waals surface area contributed by atoms with E-state index < -0.39 is 12.0 Å². The molecule has 0 bridgehead atoms. The second kappa shape index (κ2) is 12.1. The smallest absolute Gasteiger partial charge is 0.317 e. The molecular formula is C21H29Cl2FN2O3S. The van der Waals surface area contributed by atoms with Crippen molar-refractivity contribution in [3.63, 3.8) is 0 Å². The number of carboxylic acid groups (broad SMARTS) is 1. The molecule has 3 rings (SSSR count). The second-order valence-electron chi connectivity index (χ2n) is 7.75. The highest BCUT2D eigenvalue weighted by Gasteiger charge is 2.40. The number of thiol groups is 1. The summed E-state index contributed by atoms with van der Waals surface area (Å²) >= 11 is 4.66. The summed E-state index contributed by atoms with van der Waals surface area (Å²) in [6.45, 7) is 1.66. The number of halogens is 3. The highest BCUT2D eigenvalue weighted by atomic mass is 35.5. The molecule has 2 unspecified atom stereocenters. The summed E-state index contributed by atoms with van der Waals surface area (Å²) < 4.78 is 14.5. The van der Waals surface area contributed by atoms with E-state index in [0.29, 0.717) is 25.2 Å². The van der Waals surface area contributed by atoms with Crippen molar-refractivity contribution >= 4 is 49.2 Å². The van der Waals surface area contributed by atoms with Crippen LogP contribution < -0.4 is 0 Å². The van der Waals surface area contributed by atoms with Crippen molar-refractivity contribution in [3.05, 3.63) is 47.3 Å². The lowest BCUT2D eigenvalue weighted by molar-refractivity contribution is -0.137. The molecule has 2 aliphatic rings. The molecular weight excluding hydrogens is 450 g/mol.